The third-order valence-corrected chi connectivity index (χ3v) is 4.38. The first-order valence-electron chi connectivity index (χ1n) is 7.82. The van der Waals surface area contributed by atoms with Gasteiger partial charge in [-0.15, -0.1) is 0 Å². The van der Waals surface area contributed by atoms with Gasteiger partial charge in [-0.25, -0.2) is 0 Å². The van der Waals surface area contributed by atoms with Crippen molar-refractivity contribution in [2.45, 2.75) is 19.8 Å². The number of carbonyl (C=O) groups is 2. The number of amides is 1. The Kier molecular flexibility index (Phi) is 4.57. The molecule has 2 aromatic rings. The third-order valence-electron chi connectivity index (χ3n) is 4.14. The van der Waals surface area contributed by atoms with Gasteiger partial charge in [0.2, 0.25) is 0 Å². The maximum Gasteiger partial charge on any atom is 0.310 e. The fourth-order valence-electron chi connectivity index (χ4n) is 3.00. The minimum absolute atomic E-state index is 0.0914. The average Bonchev–Trinajstić information content (AvgIpc) is 2.97. The van der Waals surface area contributed by atoms with Crippen molar-refractivity contribution in [3.05, 3.63) is 35.0 Å². The first-order chi connectivity index (χ1) is 11.1. The second-order valence-corrected chi connectivity index (χ2v) is 6.19. The Morgan fingerprint density at radius 3 is 3.00 bits per heavy atom. The van der Waals surface area contributed by atoms with E-state index < -0.39 is 0 Å². The summed E-state index contributed by atoms with van der Waals surface area (Å²) >= 11 is 5.98. The number of aromatic amines is 1. The van der Waals surface area contributed by atoms with Crippen LogP contribution in [0.2, 0.25) is 5.02 Å². The summed E-state index contributed by atoms with van der Waals surface area (Å²) in [5, 5.41) is 1.54. The molecule has 1 aromatic carbocycles. The van der Waals surface area contributed by atoms with Crippen molar-refractivity contribution in [3.8, 4) is 0 Å². The first-order valence-corrected chi connectivity index (χ1v) is 8.20. The van der Waals surface area contributed by atoms with Crippen LogP contribution in [0.1, 0.15) is 30.3 Å². The molecular formula is C17H19ClN2O3. The number of aromatic nitrogens is 1. The molecule has 0 spiro atoms. The summed E-state index contributed by atoms with van der Waals surface area (Å²) in [4.78, 5) is 29.4. The van der Waals surface area contributed by atoms with Gasteiger partial charge in [0.15, 0.2) is 0 Å². The maximum atomic E-state index is 12.7. The summed E-state index contributed by atoms with van der Waals surface area (Å²) in [5.41, 5.74) is 1.39. The van der Waals surface area contributed by atoms with Gasteiger partial charge in [-0.05, 0) is 44.0 Å². The molecule has 3 rings (SSSR count). The van der Waals surface area contributed by atoms with E-state index in [1.54, 1.807) is 24.0 Å². The van der Waals surface area contributed by atoms with Crippen molar-refractivity contribution in [2.75, 3.05) is 19.7 Å². The largest absolute Gasteiger partial charge is 0.466 e. The number of fused-ring (bicyclic) bond motifs is 1. The molecule has 1 saturated heterocycles. The van der Waals surface area contributed by atoms with E-state index in [4.69, 9.17) is 16.3 Å². The fraction of sp³-hybridized carbons (Fsp3) is 0.412. The highest BCUT2D eigenvalue weighted by Crippen LogP contribution is 2.23. The van der Waals surface area contributed by atoms with Crippen LogP contribution < -0.4 is 0 Å². The number of piperidine rings is 1. The van der Waals surface area contributed by atoms with Crippen molar-refractivity contribution in [3.63, 3.8) is 0 Å². The molecule has 0 aliphatic carbocycles. The Balaban J connectivity index is 1.77. The zero-order valence-corrected chi connectivity index (χ0v) is 13.7. The molecule has 1 fully saturated rings. The molecule has 1 aliphatic heterocycles. The number of nitrogens with zero attached hydrogens (tertiary/aromatic N) is 1. The van der Waals surface area contributed by atoms with Crippen LogP contribution in [0.3, 0.4) is 0 Å². The van der Waals surface area contributed by atoms with E-state index in [0.29, 0.717) is 30.4 Å². The maximum absolute atomic E-state index is 12.7. The lowest BCUT2D eigenvalue weighted by molar-refractivity contribution is -0.149. The Labute approximate surface area is 139 Å². The predicted octanol–water partition coefficient (Wildman–Crippen LogP) is 3.24. The molecular weight excluding hydrogens is 316 g/mol. The second kappa shape index (κ2) is 6.62. The van der Waals surface area contributed by atoms with Gasteiger partial charge < -0.3 is 14.6 Å². The molecule has 122 valence electrons. The van der Waals surface area contributed by atoms with E-state index in [1.807, 2.05) is 12.1 Å². The van der Waals surface area contributed by atoms with Crippen LogP contribution in [0.15, 0.2) is 24.3 Å². The van der Waals surface area contributed by atoms with Crippen molar-refractivity contribution in [1.82, 2.24) is 9.88 Å². The highest BCUT2D eigenvalue weighted by atomic mass is 35.5. The van der Waals surface area contributed by atoms with Crippen LogP contribution in [-0.2, 0) is 9.53 Å². The van der Waals surface area contributed by atoms with Crippen LogP contribution >= 0.6 is 11.6 Å². The molecule has 0 radical (unpaired) electrons. The van der Waals surface area contributed by atoms with Gasteiger partial charge >= 0.3 is 5.97 Å². The Hall–Kier alpha value is -2.01. The highest BCUT2D eigenvalue weighted by molar-refractivity contribution is 6.31. The number of benzene rings is 1. The molecule has 0 saturated carbocycles. The molecule has 1 N–H and O–H groups in total. The number of hydrogen-bond donors (Lipinski definition) is 1. The Morgan fingerprint density at radius 1 is 1.39 bits per heavy atom. The summed E-state index contributed by atoms with van der Waals surface area (Å²) in [7, 11) is 0. The van der Waals surface area contributed by atoms with Crippen LogP contribution in [0.25, 0.3) is 10.9 Å². The molecule has 1 amide bonds. The van der Waals surface area contributed by atoms with Gasteiger partial charge in [-0.3, -0.25) is 9.59 Å². The van der Waals surface area contributed by atoms with E-state index >= 15 is 0 Å². The van der Waals surface area contributed by atoms with Gasteiger partial charge in [0.25, 0.3) is 5.91 Å². The SMILES string of the molecule is CCOC(=O)C1CCCN(C(=O)c2cc3cc(Cl)ccc3[nH]2)C1. The number of likely N-dealkylation sites (tertiary alicyclic amines) is 1. The molecule has 23 heavy (non-hydrogen) atoms. The minimum Gasteiger partial charge on any atom is -0.466 e. The standard InChI is InChI=1S/C17H19ClN2O3/c1-2-23-17(22)11-4-3-7-20(10-11)16(21)15-9-12-8-13(18)5-6-14(12)19-15/h5-6,8-9,11,19H,2-4,7,10H2,1H3. The average molecular weight is 335 g/mol. The summed E-state index contributed by atoms with van der Waals surface area (Å²) < 4.78 is 5.08. The Bertz CT molecular complexity index is 741. The molecule has 1 atom stereocenters. The monoisotopic (exact) mass is 334 g/mol. The van der Waals surface area contributed by atoms with Crippen LogP contribution in [0.5, 0.6) is 0 Å². The number of hydrogen-bond acceptors (Lipinski definition) is 3. The molecule has 5 nitrogen and oxygen atoms in total. The molecule has 1 aromatic heterocycles. The number of halogens is 1. The zero-order chi connectivity index (χ0) is 16.4. The first kappa shape index (κ1) is 15.9. The van der Waals surface area contributed by atoms with E-state index in [2.05, 4.69) is 4.98 Å². The quantitative estimate of drug-likeness (QED) is 0.876. The van der Waals surface area contributed by atoms with Crippen LogP contribution in [0, 0.1) is 5.92 Å². The van der Waals surface area contributed by atoms with Crippen molar-refractivity contribution in [2.24, 2.45) is 5.92 Å². The number of H-pyrrole nitrogens is 1. The van der Waals surface area contributed by atoms with Crippen molar-refractivity contribution in [1.29, 1.82) is 0 Å². The zero-order valence-electron chi connectivity index (χ0n) is 13.0. The third kappa shape index (κ3) is 3.34. The Morgan fingerprint density at radius 2 is 2.22 bits per heavy atom. The van der Waals surface area contributed by atoms with Gasteiger partial charge in [0, 0.05) is 29.0 Å². The van der Waals surface area contributed by atoms with E-state index in [1.165, 1.54) is 0 Å². The van der Waals surface area contributed by atoms with E-state index in [-0.39, 0.29) is 17.8 Å². The number of ether oxygens (including phenoxy) is 1. The molecule has 1 aliphatic rings. The van der Waals surface area contributed by atoms with Crippen molar-refractivity contribution < 1.29 is 14.3 Å². The summed E-state index contributed by atoms with van der Waals surface area (Å²) in [5.74, 6) is -0.536. The molecule has 0 bridgehead atoms. The van der Waals surface area contributed by atoms with Crippen LogP contribution in [-0.4, -0.2) is 41.5 Å². The lowest BCUT2D eigenvalue weighted by Crippen LogP contribution is -2.42. The van der Waals surface area contributed by atoms with Gasteiger partial charge in [0.05, 0.1) is 12.5 Å². The van der Waals surface area contributed by atoms with Gasteiger partial charge in [-0.2, -0.15) is 0 Å². The molecule has 1 unspecified atom stereocenters. The number of nitrogens with one attached hydrogen (secondary N) is 1. The van der Waals surface area contributed by atoms with Crippen molar-refractivity contribution >= 4 is 34.4 Å². The highest BCUT2D eigenvalue weighted by Gasteiger charge is 2.30. The lowest BCUT2D eigenvalue weighted by atomic mass is 9.98. The fourth-order valence-corrected chi connectivity index (χ4v) is 3.18. The predicted molar refractivity (Wildman–Crippen MR) is 88.6 cm³/mol. The lowest BCUT2D eigenvalue weighted by Gasteiger charge is -2.31. The topological polar surface area (TPSA) is 62.4 Å². The smallest absolute Gasteiger partial charge is 0.310 e. The summed E-state index contributed by atoms with van der Waals surface area (Å²) in [6.07, 6.45) is 1.58. The number of esters is 1. The van der Waals surface area contributed by atoms with E-state index in [9.17, 15) is 9.59 Å². The normalized spacial score (nSPS) is 18.2. The van der Waals surface area contributed by atoms with Gasteiger partial charge in [-0.1, -0.05) is 11.6 Å². The van der Waals surface area contributed by atoms with Gasteiger partial charge in [0.1, 0.15) is 5.69 Å². The summed E-state index contributed by atoms with van der Waals surface area (Å²) in [6.45, 7) is 3.23. The molecule has 2 heterocycles. The minimum atomic E-state index is -0.230. The molecule has 6 heteroatoms. The van der Waals surface area contributed by atoms with Crippen LogP contribution in [0.4, 0.5) is 0 Å². The number of carbonyl (C=O) groups excluding carboxylic acids is 2. The van der Waals surface area contributed by atoms with E-state index in [0.717, 1.165) is 23.7 Å². The summed E-state index contributed by atoms with van der Waals surface area (Å²) in [6, 6.07) is 7.26. The second-order valence-electron chi connectivity index (χ2n) is 5.76. The number of rotatable bonds is 3.